The number of allylic oxidation sites excluding steroid dienone is 6. The van der Waals surface area contributed by atoms with Crippen molar-refractivity contribution in [3.05, 3.63) is 411 Å². The summed E-state index contributed by atoms with van der Waals surface area (Å²) >= 11 is 0. The van der Waals surface area contributed by atoms with Crippen LogP contribution in [0.1, 0.15) is 112 Å². The van der Waals surface area contributed by atoms with Gasteiger partial charge in [0, 0.05) is 16.8 Å². The summed E-state index contributed by atoms with van der Waals surface area (Å²) in [6.45, 7) is 15.8. The van der Waals surface area contributed by atoms with Crippen LogP contribution in [0, 0.1) is 26.2 Å². The van der Waals surface area contributed by atoms with E-state index >= 15 is 0 Å². The molecule has 4 heterocycles. The number of fused-ring (bicyclic) bond motifs is 16. The zero-order chi connectivity index (χ0) is 69.9. The van der Waals surface area contributed by atoms with Crippen LogP contribution < -0.4 is 57.6 Å². The van der Waals surface area contributed by atoms with Gasteiger partial charge < -0.3 is 9.64 Å². The Labute approximate surface area is 607 Å². The predicted octanol–water partition coefficient (Wildman–Crippen LogP) is 18.1. The van der Waals surface area contributed by atoms with Crippen molar-refractivity contribution in [2.45, 2.75) is 71.6 Å². The third kappa shape index (κ3) is 9.67. The van der Waals surface area contributed by atoms with Gasteiger partial charge >= 0.3 is 320 Å². The van der Waals surface area contributed by atoms with E-state index in [0.717, 1.165) is 100 Å². The fourth-order valence-corrected chi connectivity index (χ4v) is 22.6. The minimum atomic E-state index is -3.57. The van der Waals surface area contributed by atoms with Crippen molar-refractivity contribution >= 4 is 81.2 Å². The summed E-state index contributed by atoms with van der Waals surface area (Å²) in [4.78, 5) is 16.3. The van der Waals surface area contributed by atoms with Crippen LogP contribution in [0.15, 0.2) is 333 Å². The molecule has 18 rings (SSSR count). The van der Waals surface area contributed by atoms with Gasteiger partial charge in [0.2, 0.25) is 6.71 Å². The van der Waals surface area contributed by atoms with Crippen LogP contribution in [0.25, 0.3) is 0 Å². The summed E-state index contributed by atoms with van der Waals surface area (Å²) in [7, 11) is -3.57. The SMILES string of the molecule is Cc1cccc(C)c1B(c1cccc2c1Oc1ccccc1C21c2ccccc2[PH](O)(c2ccccc2)c2ccccc21)c1c(C)cccc1Cc1ccc(N2c3ccccc3C3(c4ccccc4Oc4c(B(C5=CC=CC=CC5(C)C)c5ccccc5C(C)C)cccc43)c3ccccc32)cc1. The molecule has 0 radical (unpaired) electrons. The molecule has 2 spiro atoms. The zero-order valence-corrected chi connectivity index (χ0v) is 60.3. The molecule has 7 heteroatoms. The van der Waals surface area contributed by atoms with Crippen LogP contribution in [0.5, 0.6) is 23.0 Å². The Balaban J connectivity index is 0.773. The maximum atomic E-state index is 13.8. The molecule has 0 amide bonds. The number of hydrogen-bond donors (Lipinski definition) is 1. The number of benzene rings is 13. The van der Waals surface area contributed by atoms with Gasteiger partial charge in [-0.25, -0.2) is 0 Å². The van der Waals surface area contributed by atoms with Gasteiger partial charge in [0.25, 0.3) is 0 Å². The van der Waals surface area contributed by atoms with Gasteiger partial charge in [0.1, 0.15) is 11.5 Å². The molecule has 0 unspecified atom stereocenters. The van der Waals surface area contributed by atoms with Gasteiger partial charge in [-0.3, -0.25) is 0 Å². The monoisotopic (exact) mass is 1350 g/mol. The number of aryl methyl sites for hydroxylation is 3. The number of hydrogen-bond acceptors (Lipinski definition) is 4. The standard InChI is InChI=1S/C96H80B2NO3P/c1-63(2)71-38-13-20-47-80(71)97(89-56-12-9-27-61-94(89,6)7)81-48-30-45-78-92(81)101-85-52-23-16-41-74(85)95(78)72-39-14-21-50-83(72)99(84-51-22-15-40-73(84)95)69-59-57-67(58-60-69)62-68-35-29-34-66(5)91(68)98(90-64(3)32-28-33-65(90)4)82-49-31-46-79-93(82)102-86-53-24-17-42-75(86)96(79)76-43-18-25-54-87(76)103(100,70-36-10-8-11-37-70)88-55-26-19-44-77(88)96/h8-61,63,100,103H,62H2,1-7H3. The van der Waals surface area contributed by atoms with E-state index in [2.05, 4.69) is 375 Å². The van der Waals surface area contributed by atoms with E-state index < -0.39 is 18.3 Å². The van der Waals surface area contributed by atoms with E-state index in [-0.39, 0.29) is 18.8 Å². The Morgan fingerprint density at radius 1 is 0.408 bits per heavy atom. The smallest absolute Gasteiger partial charge is 0.457 e. The molecule has 13 aromatic rings. The van der Waals surface area contributed by atoms with Gasteiger partial charge in [0.15, 0.2) is 0 Å². The van der Waals surface area contributed by atoms with Crippen LogP contribution in [-0.2, 0) is 17.3 Å². The van der Waals surface area contributed by atoms with Gasteiger partial charge in [-0.05, 0) is 58.3 Å². The van der Waals surface area contributed by atoms with Gasteiger partial charge in [-0.1, -0.05) is 172 Å². The Bertz CT molecular complexity index is 5550. The Kier molecular flexibility index (Phi) is 15.5. The van der Waals surface area contributed by atoms with Crippen molar-refractivity contribution in [2.75, 3.05) is 4.90 Å². The normalized spacial score (nSPS) is 16.6. The first-order chi connectivity index (χ1) is 50.3. The molecule has 498 valence electrons. The minimum Gasteiger partial charge on any atom is -0.457 e. The summed E-state index contributed by atoms with van der Waals surface area (Å²) in [5.41, 5.74) is 25.3. The number of nitrogens with zero attached hydrogens (tertiary/aromatic N) is 1. The van der Waals surface area contributed by atoms with Crippen molar-refractivity contribution < 1.29 is 14.4 Å². The zero-order valence-electron chi connectivity index (χ0n) is 59.3. The third-order valence-corrected chi connectivity index (χ3v) is 27.0. The molecule has 0 saturated heterocycles. The van der Waals surface area contributed by atoms with Crippen molar-refractivity contribution in [2.24, 2.45) is 5.41 Å². The summed E-state index contributed by atoms with van der Waals surface area (Å²) in [5, 5.41) is 2.95. The molecule has 0 atom stereocenters. The number of rotatable bonds is 11. The van der Waals surface area contributed by atoms with Crippen LogP contribution in [0.2, 0.25) is 0 Å². The fraction of sp³-hybridized carbons (Fsp3) is 0.125. The molecule has 1 aliphatic carbocycles. The van der Waals surface area contributed by atoms with E-state index in [9.17, 15) is 4.89 Å². The molecular weight excluding hydrogens is 1270 g/mol. The predicted molar refractivity (Wildman–Crippen MR) is 434 cm³/mol. The Hall–Kier alpha value is -11.0. The maximum absolute atomic E-state index is 13.8. The summed E-state index contributed by atoms with van der Waals surface area (Å²) in [6.07, 6.45) is 12.0. The molecule has 4 aliphatic heterocycles. The van der Waals surface area contributed by atoms with Gasteiger partial charge in [-0.2, -0.15) is 0 Å². The first-order valence-electron chi connectivity index (χ1n) is 36.5. The number of anilines is 3. The molecule has 0 aromatic heterocycles. The quantitative estimate of drug-likeness (QED) is 0.104. The van der Waals surface area contributed by atoms with Gasteiger partial charge in [-0.15, -0.1) is 0 Å². The van der Waals surface area contributed by atoms with Crippen LogP contribution >= 0.6 is 7.49 Å². The molecule has 0 bridgehead atoms. The van der Waals surface area contributed by atoms with Crippen molar-refractivity contribution in [1.29, 1.82) is 0 Å². The Morgan fingerprint density at radius 3 is 1.46 bits per heavy atom. The topological polar surface area (TPSA) is 41.9 Å². The Morgan fingerprint density at radius 2 is 0.864 bits per heavy atom. The van der Waals surface area contributed by atoms with Gasteiger partial charge in [0.05, 0.1) is 16.8 Å². The second-order valence-corrected chi connectivity index (χ2v) is 32.8. The molecule has 13 aromatic carbocycles. The molecular formula is C96H80B2NO3P. The molecule has 1 N–H and O–H groups in total. The van der Waals surface area contributed by atoms with Crippen LogP contribution in [-0.4, -0.2) is 18.3 Å². The fourth-order valence-electron chi connectivity index (χ4n) is 19.0. The van der Waals surface area contributed by atoms with E-state index in [1.165, 1.54) is 66.4 Å². The average molecular weight is 1350 g/mol. The molecule has 103 heavy (non-hydrogen) atoms. The first-order valence-corrected chi connectivity index (χ1v) is 38.5. The molecule has 0 saturated carbocycles. The summed E-state index contributed by atoms with van der Waals surface area (Å²) in [6, 6.07) is 109. The van der Waals surface area contributed by atoms with E-state index in [4.69, 9.17) is 9.47 Å². The van der Waals surface area contributed by atoms with Crippen molar-refractivity contribution in [3.63, 3.8) is 0 Å². The second-order valence-electron chi connectivity index (χ2n) is 29.7. The third-order valence-electron chi connectivity index (χ3n) is 23.4. The summed E-state index contributed by atoms with van der Waals surface area (Å²) < 4.78 is 15.1. The average Bonchev–Trinajstić information content (AvgIpc) is 0.731. The molecule has 0 fully saturated rings. The minimum absolute atomic E-state index is 0.121. The van der Waals surface area contributed by atoms with Crippen LogP contribution in [0.3, 0.4) is 0 Å². The number of para-hydroxylation sites is 6. The van der Waals surface area contributed by atoms with E-state index in [1.54, 1.807) is 0 Å². The summed E-state index contributed by atoms with van der Waals surface area (Å²) in [5.74, 6) is 3.73. The van der Waals surface area contributed by atoms with Crippen molar-refractivity contribution in [1.82, 2.24) is 0 Å². The van der Waals surface area contributed by atoms with Crippen LogP contribution in [0.4, 0.5) is 17.1 Å². The van der Waals surface area contributed by atoms with Crippen molar-refractivity contribution in [3.8, 4) is 23.0 Å². The van der Waals surface area contributed by atoms with E-state index in [0.29, 0.717) is 12.3 Å². The number of ether oxygens (including phenoxy) is 2. The molecule has 5 aliphatic rings. The first kappa shape index (κ1) is 64.1. The molecule has 4 nitrogen and oxygen atoms in total. The second kappa shape index (κ2) is 24.9. The van der Waals surface area contributed by atoms with E-state index in [1.807, 2.05) is 6.07 Å².